The van der Waals surface area contributed by atoms with Crippen LogP contribution in [0.2, 0.25) is 0 Å². The second-order valence-corrected chi connectivity index (χ2v) is 6.71. The third-order valence-corrected chi connectivity index (χ3v) is 4.70. The van der Waals surface area contributed by atoms with E-state index in [4.69, 9.17) is 9.47 Å². The maximum Gasteiger partial charge on any atom is 0.341 e. The fourth-order valence-corrected chi connectivity index (χ4v) is 3.16. The number of nitrogens with one attached hydrogen (secondary N) is 1. The third-order valence-electron chi connectivity index (χ3n) is 3.51. The van der Waals surface area contributed by atoms with Crippen molar-refractivity contribution in [3.8, 4) is 0 Å². The number of amides is 1. The van der Waals surface area contributed by atoms with Gasteiger partial charge < -0.3 is 14.8 Å². The first kappa shape index (κ1) is 21.3. The van der Waals surface area contributed by atoms with Gasteiger partial charge in [-0.25, -0.2) is 14.0 Å². The summed E-state index contributed by atoms with van der Waals surface area (Å²) >= 11 is 1.27. The van der Waals surface area contributed by atoms with Gasteiger partial charge in [-0.3, -0.25) is 4.79 Å². The average molecular weight is 405 g/mol. The number of thiophene rings is 1. The molecule has 0 unspecified atom stereocenters. The van der Waals surface area contributed by atoms with Crippen LogP contribution in [-0.2, 0) is 25.5 Å². The van der Waals surface area contributed by atoms with Crippen LogP contribution < -0.4 is 5.32 Å². The number of benzene rings is 1. The first-order chi connectivity index (χ1) is 13.4. The van der Waals surface area contributed by atoms with Gasteiger partial charge in [-0.15, -0.1) is 11.3 Å². The number of carbonyl (C=O) groups is 3. The Labute approximate surface area is 166 Å². The fraction of sp³-hybridized carbons (Fsp3) is 0.250. The maximum atomic E-state index is 12.8. The number of hydrogen-bond acceptors (Lipinski definition) is 6. The van der Waals surface area contributed by atoms with Gasteiger partial charge in [0.05, 0.1) is 12.2 Å². The lowest BCUT2D eigenvalue weighted by Crippen LogP contribution is -2.20. The number of carbonyl (C=O) groups excluding carboxylic acids is 3. The Kier molecular flexibility index (Phi) is 7.88. The maximum absolute atomic E-state index is 12.8. The van der Waals surface area contributed by atoms with Gasteiger partial charge in [-0.05, 0) is 43.2 Å². The normalized spacial score (nSPS) is 10.7. The first-order valence-corrected chi connectivity index (χ1v) is 9.44. The largest absolute Gasteiger partial charge is 0.462 e. The molecule has 6 nitrogen and oxygen atoms in total. The van der Waals surface area contributed by atoms with Gasteiger partial charge in [0.2, 0.25) is 0 Å². The number of esters is 2. The average Bonchev–Trinajstić information content (AvgIpc) is 3.09. The van der Waals surface area contributed by atoms with Gasteiger partial charge in [0.15, 0.2) is 6.61 Å². The van der Waals surface area contributed by atoms with Crippen LogP contribution >= 0.6 is 11.3 Å². The minimum atomic E-state index is -0.717. The highest BCUT2D eigenvalue weighted by Crippen LogP contribution is 2.29. The third kappa shape index (κ3) is 6.31. The van der Waals surface area contributed by atoms with Crippen LogP contribution in [0.15, 0.2) is 36.4 Å². The summed E-state index contributed by atoms with van der Waals surface area (Å²) in [5.41, 5.74) is 0.896. The summed E-state index contributed by atoms with van der Waals surface area (Å²) in [6.07, 6.45) is 3.30. The molecule has 0 aliphatic rings. The van der Waals surface area contributed by atoms with Gasteiger partial charge >= 0.3 is 11.9 Å². The molecule has 1 N–H and O–H groups in total. The van der Waals surface area contributed by atoms with Crippen LogP contribution in [0.25, 0.3) is 6.08 Å². The minimum absolute atomic E-state index is 0.224. The molecule has 2 aromatic rings. The highest BCUT2D eigenvalue weighted by Gasteiger charge is 2.19. The van der Waals surface area contributed by atoms with Gasteiger partial charge in [0.1, 0.15) is 10.8 Å². The topological polar surface area (TPSA) is 81.7 Å². The van der Waals surface area contributed by atoms with Gasteiger partial charge in [-0.1, -0.05) is 19.1 Å². The molecule has 0 atom stereocenters. The second-order valence-electron chi connectivity index (χ2n) is 5.57. The molecule has 148 valence electrons. The summed E-state index contributed by atoms with van der Waals surface area (Å²) in [5.74, 6) is -2.18. The molecule has 0 saturated carbocycles. The van der Waals surface area contributed by atoms with Gasteiger partial charge in [0, 0.05) is 11.0 Å². The molecule has 0 bridgehead atoms. The van der Waals surface area contributed by atoms with E-state index in [1.165, 1.54) is 41.7 Å². The van der Waals surface area contributed by atoms with Crippen LogP contribution in [-0.4, -0.2) is 31.1 Å². The SMILES string of the molecule is CCOC(=O)c1cc(CC)sc1NC(=O)COC(=O)/C=C/c1ccc(F)cc1. The Hall–Kier alpha value is -3.00. The Morgan fingerprint density at radius 3 is 2.50 bits per heavy atom. The summed E-state index contributed by atoms with van der Waals surface area (Å²) in [7, 11) is 0. The van der Waals surface area contributed by atoms with Crippen LogP contribution in [0.5, 0.6) is 0 Å². The number of aryl methyl sites for hydroxylation is 1. The van der Waals surface area contributed by atoms with Crippen molar-refractivity contribution in [1.29, 1.82) is 0 Å². The van der Waals surface area contributed by atoms with Crippen LogP contribution in [0.4, 0.5) is 9.39 Å². The molecule has 0 aliphatic heterocycles. The van der Waals surface area contributed by atoms with E-state index in [1.54, 1.807) is 13.0 Å². The summed E-state index contributed by atoms with van der Waals surface area (Å²) in [5, 5.41) is 2.94. The monoisotopic (exact) mass is 405 g/mol. The van der Waals surface area contributed by atoms with Crippen molar-refractivity contribution in [2.24, 2.45) is 0 Å². The van der Waals surface area contributed by atoms with Gasteiger partial charge in [0.25, 0.3) is 5.91 Å². The number of anilines is 1. The van der Waals surface area contributed by atoms with Crippen molar-refractivity contribution in [2.45, 2.75) is 20.3 Å². The molecule has 0 saturated heterocycles. The van der Waals surface area contributed by atoms with E-state index >= 15 is 0 Å². The molecule has 0 spiro atoms. The lowest BCUT2D eigenvalue weighted by molar-refractivity contribution is -0.142. The molecular formula is C20H20FNO5S. The highest BCUT2D eigenvalue weighted by atomic mass is 32.1. The van der Waals surface area contributed by atoms with E-state index in [1.807, 2.05) is 6.92 Å². The van der Waals surface area contributed by atoms with Crippen LogP contribution in [0.1, 0.15) is 34.6 Å². The van der Waals surface area contributed by atoms with Crippen LogP contribution in [0.3, 0.4) is 0 Å². The number of hydrogen-bond donors (Lipinski definition) is 1. The molecular weight excluding hydrogens is 385 g/mol. The molecule has 1 aromatic carbocycles. The zero-order valence-electron chi connectivity index (χ0n) is 15.5. The zero-order valence-corrected chi connectivity index (χ0v) is 16.3. The quantitative estimate of drug-likeness (QED) is 0.533. The summed E-state index contributed by atoms with van der Waals surface area (Å²) < 4.78 is 22.7. The standard InChI is InChI=1S/C20H20FNO5S/c1-3-15-11-16(20(25)26-4-2)19(28-15)22-17(23)12-27-18(24)10-7-13-5-8-14(21)9-6-13/h5-11H,3-4,12H2,1-2H3,(H,22,23)/b10-7+. The van der Waals surface area contributed by atoms with E-state index < -0.39 is 24.5 Å². The van der Waals surface area contributed by atoms with E-state index in [2.05, 4.69) is 5.32 Å². The van der Waals surface area contributed by atoms with E-state index in [9.17, 15) is 18.8 Å². The number of ether oxygens (including phenoxy) is 2. The molecule has 1 aromatic heterocycles. The van der Waals surface area contributed by atoms with Gasteiger partial charge in [-0.2, -0.15) is 0 Å². The van der Waals surface area contributed by atoms with Crippen molar-refractivity contribution in [1.82, 2.24) is 0 Å². The molecule has 0 fully saturated rings. The molecule has 0 radical (unpaired) electrons. The fourth-order valence-electron chi connectivity index (χ4n) is 2.16. The van der Waals surface area contributed by atoms with Crippen molar-refractivity contribution >= 4 is 40.3 Å². The predicted molar refractivity (Wildman–Crippen MR) is 105 cm³/mol. The van der Waals surface area contributed by atoms with Crippen molar-refractivity contribution < 1.29 is 28.2 Å². The van der Waals surface area contributed by atoms with E-state index in [0.29, 0.717) is 17.0 Å². The molecule has 1 amide bonds. The molecule has 2 rings (SSSR count). The van der Waals surface area contributed by atoms with E-state index in [0.717, 1.165) is 11.0 Å². The van der Waals surface area contributed by atoms with Crippen molar-refractivity contribution in [3.63, 3.8) is 0 Å². The van der Waals surface area contributed by atoms with E-state index in [-0.39, 0.29) is 18.0 Å². The predicted octanol–water partition coefficient (Wildman–Crippen LogP) is 3.82. The Balaban J connectivity index is 1.91. The smallest absolute Gasteiger partial charge is 0.341 e. The Bertz CT molecular complexity index is 873. The number of rotatable bonds is 8. The van der Waals surface area contributed by atoms with Crippen LogP contribution in [0, 0.1) is 5.82 Å². The zero-order chi connectivity index (χ0) is 20.5. The Morgan fingerprint density at radius 1 is 1.14 bits per heavy atom. The summed E-state index contributed by atoms with van der Waals surface area (Å²) in [4.78, 5) is 36.7. The lowest BCUT2D eigenvalue weighted by atomic mass is 10.2. The minimum Gasteiger partial charge on any atom is -0.462 e. The van der Waals surface area contributed by atoms with Crippen molar-refractivity contribution in [3.05, 3.63) is 58.2 Å². The summed E-state index contributed by atoms with van der Waals surface area (Å²) in [6, 6.07) is 7.22. The molecule has 1 heterocycles. The number of halogens is 1. The highest BCUT2D eigenvalue weighted by molar-refractivity contribution is 7.16. The summed E-state index contributed by atoms with van der Waals surface area (Å²) in [6.45, 7) is 3.35. The molecule has 8 heteroatoms. The lowest BCUT2D eigenvalue weighted by Gasteiger charge is -2.06. The first-order valence-electron chi connectivity index (χ1n) is 8.63. The molecule has 0 aliphatic carbocycles. The second kappa shape index (κ2) is 10.4. The van der Waals surface area contributed by atoms with Crippen molar-refractivity contribution in [2.75, 3.05) is 18.5 Å². The Morgan fingerprint density at radius 2 is 1.86 bits per heavy atom. The molecule has 28 heavy (non-hydrogen) atoms.